The molecule has 0 aliphatic carbocycles. The lowest BCUT2D eigenvalue weighted by atomic mass is 10.1. The number of anilines is 1. The van der Waals surface area contributed by atoms with E-state index in [1.54, 1.807) is 10.6 Å². The van der Waals surface area contributed by atoms with Crippen molar-refractivity contribution in [2.75, 3.05) is 11.4 Å². The Bertz CT molecular complexity index is 771. The van der Waals surface area contributed by atoms with E-state index >= 15 is 0 Å². The van der Waals surface area contributed by atoms with Crippen LogP contribution >= 0.6 is 0 Å². The largest absolute Gasteiger partial charge is 0.353 e. The predicted molar refractivity (Wildman–Crippen MR) is 82.7 cm³/mol. The molecule has 1 aromatic carbocycles. The summed E-state index contributed by atoms with van der Waals surface area (Å²) >= 11 is 0. The van der Waals surface area contributed by atoms with Gasteiger partial charge in [0.05, 0.1) is 5.69 Å². The van der Waals surface area contributed by atoms with Gasteiger partial charge in [0, 0.05) is 25.2 Å². The maximum atomic E-state index is 13.2. The summed E-state index contributed by atoms with van der Waals surface area (Å²) in [4.78, 5) is 18.7. The van der Waals surface area contributed by atoms with Crippen molar-refractivity contribution in [3.05, 3.63) is 57.9 Å². The third kappa shape index (κ3) is 2.30. The van der Waals surface area contributed by atoms with Crippen molar-refractivity contribution < 1.29 is 4.39 Å². The Labute approximate surface area is 128 Å². The molecule has 1 atom stereocenters. The minimum Gasteiger partial charge on any atom is -0.353 e. The van der Waals surface area contributed by atoms with Gasteiger partial charge in [-0.1, -0.05) is 12.1 Å². The molecule has 4 rings (SSSR count). The molecular weight excluding hydrogens is 281 g/mol. The van der Waals surface area contributed by atoms with Crippen LogP contribution in [0.1, 0.15) is 24.1 Å². The zero-order valence-electron chi connectivity index (χ0n) is 12.3. The van der Waals surface area contributed by atoms with Crippen LogP contribution in [-0.4, -0.2) is 22.1 Å². The van der Waals surface area contributed by atoms with Gasteiger partial charge in [0.15, 0.2) is 0 Å². The van der Waals surface area contributed by atoms with Gasteiger partial charge in [-0.25, -0.2) is 9.18 Å². The molecule has 2 aliphatic heterocycles. The quantitative estimate of drug-likeness (QED) is 0.871. The van der Waals surface area contributed by atoms with Crippen LogP contribution in [0.15, 0.2) is 35.1 Å². The molecule has 0 saturated carbocycles. The molecule has 1 aromatic heterocycles. The number of aryl methyl sites for hydroxylation is 2. The Hall–Kier alpha value is -2.17. The van der Waals surface area contributed by atoms with Gasteiger partial charge in [-0.15, -0.1) is 0 Å². The van der Waals surface area contributed by atoms with Crippen LogP contribution in [0.2, 0.25) is 0 Å². The molecule has 1 fully saturated rings. The van der Waals surface area contributed by atoms with E-state index in [0.29, 0.717) is 18.9 Å². The van der Waals surface area contributed by atoms with Crippen LogP contribution in [0.25, 0.3) is 0 Å². The van der Waals surface area contributed by atoms with E-state index in [1.807, 2.05) is 12.1 Å². The SMILES string of the molecule is O=c1nc(CCc2cccc(F)c2)cc2n1C[C@@H]1CCCN21. The van der Waals surface area contributed by atoms with Gasteiger partial charge in [-0.05, 0) is 43.4 Å². The van der Waals surface area contributed by atoms with Crippen LogP contribution in [0.3, 0.4) is 0 Å². The van der Waals surface area contributed by atoms with Crippen LogP contribution in [0.5, 0.6) is 0 Å². The molecule has 3 heterocycles. The Morgan fingerprint density at radius 3 is 3.05 bits per heavy atom. The van der Waals surface area contributed by atoms with Crippen molar-refractivity contribution in [1.82, 2.24) is 9.55 Å². The number of rotatable bonds is 3. The summed E-state index contributed by atoms with van der Waals surface area (Å²) < 4.78 is 15.0. The number of benzene rings is 1. The number of fused-ring (bicyclic) bond motifs is 3. The van der Waals surface area contributed by atoms with Gasteiger partial charge < -0.3 is 4.90 Å². The van der Waals surface area contributed by atoms with Gasteiger partial charge in [0.2, 0.25) is 0 Å². The second-order valence-electron chi connectivity index (χ2n) is 6.12. The van der Waals surface area contributed by atoms with Crippen LogP contribution in [0.4, 0.5) is 10.2 Å². The van der Waals surface area contributed by atoms with Crippen molar-refractivity contribution in [2.45, 2.75) is 38.3 Å². The van der Waals surface area contributed by atoms with Gasteiger partial charge in [0.25, 0.3) is 0 Å². The Morgan fingerprint density at radius 2 is 2.18 bits per heavy atom. The maximum absolute atomic E-state index is 13.2. The van der Waals surface area contributed by atoms with Gasteiger partial charge >= 0.3 is 5.69 Å². The highest BCUT2D eigenvalue weighted by Gasteiger charge is 2.34. The number of aromatic nitrogens is 2. The van der Waals surface area contributed by atoms with Crippen LogP contribution < -0.4 is 10.6 Å². The normalized spacial score (nSPS) is 19.3. The summed E-state index contributed by atoms with van der Waals surface area (Å²) in [5.41, 5.74) is 1.58. The Kier molecular flexibility index (Phi) is 3.21. The Morgan fingerprint density at radius 1 is 1.27 bits per heavy atom. The first-order chi connectivity index (χ1) is 10.7. The molecule has 0 N–H and O–H groups in total. The molecule has 2 aromatic rings. The number of hydrogen-bond acceptors (Lipinski definition) is 3. The molecule has 0 unspecified atom stereocenters. The average molecular weight is 299 g/mol. The molecule has 0 bridgehead atoms. The van der Waals surface area contributed by atoms with Crippen molar-refractivity contribution in [3.8, 4) is 0 Å². The van der Waals surface area contributed by atoms with E-state index < -0.39 is 0 Å². The maximum Gasteiger partial charge on any atom is 0.349 e. The zero-order chi connectivity index (χ0) is 15.1. The fourth-order valence-corrected chi connectivity index (χ4v) is 3.58. The van der Waals surface area contributed by atoms with E-state index in [0.717, 1.165) is 36.6 Å². The second kappa shape index (κ2) is 5.23. The molecule has 22 heavy (non-hydrogen) atoms. The average Bonchev–Trinajstić information content (AvgIpc) is 3.07. The summed E-state index contributed by atoms with van der Waals surface area (Å²) in [5.74, 6) is 0.788. The first kappa shape index (κ1) is 13.5. The van der Waals surface area contributed by atoms with Gasteiger partial charge in [-0.2, -0.15) is 4.98 Å². The van der Waals surface area contributed by atoms with Gasteiger partial charge in [-0.3, -0.25) is 4.57 Å². The van der Waals surface area contributed by atoms with Crippen LogP contribution in [-0.2, 0) is 19.4 Å². The third-order valence-corrected chi connectivity index (χ3v) is 4.67. The van der Waals surface area contributed by atoms with E-state index in [2.05, 4.69) is 9.88 Å². The molecule has 0 radical (unpaired) electrons. The number of hydrogen-bond donors (Lipinski definition) is 0. The molecular formula is C17H18FN3O. The zero-order valence-corrected chi connectivity index (χ0v) is 12.3. The minimum absolute atomic E-state index is 0.152. The lowest BCUT2D eigenvalue weighted by molar-refractivity contribution is 0.602. The van der Waals surface area contributed by atoms with E-state index in [1.165, 1.54) is 18.6 Å². The highest BCUT2D eigenvalue weighted by Crippen LogP contribution is 2.31. The first-order valence-electron chi connectivity index (χ1n) is 7.82. The van der Waals surface area contributed by atoms with E-state index in [-0.39, 0.29) is 11.5 Å². The highest BCUT2D eigenvalue weighted by molar-refractivity contribution is 5.46. The molecule has 114 valence electrons. The lowest BCUT2D eigenvalue weighted by Crippen LogP contribution is -2.24. The fraction of sp³-hybridized carbons (Fsp3) is 0.412. The number of nitrogens with zero attached hydrogens (tertiary/aromatic N) is 3. The van der Waals surface area contributed by atoms with Crippen molar-refractivity contribution >= 4 is 5.82 Å². The fourth-order valence-electron chi connectivity index (χ4n) is 3.58. The monoisotopic (exact) mass is 299 g/mol. The topological polar surface area (TPSA) is 38.1 Å². The lowest BCUT2D eigenvalue weighted by Gasteiger charge is -2.17. The summed E-state index contributed by atoms with van der Waals surface area (Å²) in [6, 6.07) is 9.09. The summed E-state index contributed by atoms with van der Waals surface area (Å²) in [6.45, 7) is 1.79. The smallest absolute Gasteiger partial charge is 0.349 e. The number of halogens is 1. The molecule has 0 spiro atoms. The molecule has 1 saturated heterocycles. The first-order valence-corrected chi connectivity index (χ1v) is 7.82. The predicted octanol–water partition coefficient (Wildman–Crippen LogP) is 2.15. The summed E-state index contributed by atoms with van der Waals surface area (Å²) in [6.07, 6.45) is 3.70. The third-order valence-electron chi connectivity index (χ3n) is 4.67. The molecule has 4 nitrogen and oxygen atoms in total. The van der Waals surface area contributed by atoms with Crippen LogP contribution in [0, 0.1) is 5.82 Å². The molecule has 2 aliphatic rings. The van der Waals surface area contributed by atoms with E-state index in [4.69, 9.17) is 0 Å². The standard InChI is InChI=1S/C17H18FN3O/c18-13-4-1-3-12(9-13)6-7-14-10-16-20-8-2-5-15(20)11-21(16)17(22)19-14/h1,3-4,9-10,15H,2,5-8,11H2/t15-/m0/s1. The molecule has 5 heteroatoms. The van der Waals surface area contributed by atoms with Crippen molar-refractivity contribution in [3.63, 3.8) is 0 Å². The van der Waals surface area contributed by atoms with Crippen molar-refractivity contribution in [2.24, 2.45) is 0 Å². The highest BCUT2D eigenvalue weighted by atomic mass is 19.1. The van der Waals surface area contributed by atoms with Crippen molar-refractivity contribution in [1.29, 1.82) is 0 Å². The minimum atomic E-state index is -0.223. The summed E-state index contributed by atoms with van der Waals surface area (Å²) in [5, 5.41) is 0. The van der Waals surface area contributed by atoms with Gasteiger partial charge in [0.1, 0.15) is 11.6 Å². The molecule has 0 amide bonds. The van der Waals surface area contributed by atoms with E-state index in [9.17, 15) is 9.18 Å². The Balaban J connectivity index is 1.57. The summed E-state index contributed by atoms with van der Waals surface area (Å²) in [7, 11) is 0. The second-order valence-corrected chi connectivity index (χ2v) is 6.12.